The first-order chi connectivity index (χ1) is 11.1. The van der Waals surface area contributed by atoms with Crippen LogP contribution in [0, 0.1) is 0 Å². The van der Waals surface area contributed by atoms with Crippen LogP contribution in [0.15, 0.2) is 34.7 Å². The predicted octanol–water partition coefficient (Wildman–Crippen LogP) is 1.80. The molecule has 1 aliphatic heterocycles. The van der Waals surface area contributed by atoms with Crippen LogP contribution in [-0.4, -0.2) is 63.9 Å². The second-order valence-corrected chi connectivity index (χ2v) is 6.17. The van der Waals surface area contributed by atoms with E-state index in [-0.39, 0.29) is 12.1 Å². The van der Waals surface area contributed by atoms with Gasteiger partial charge in [0.15, 0.2) is 0 Å². The molecule has 2 atom stereocenters. The highest BCUT2D eigenvalue weighted by Gasteiger charge is 2.26. The van der Waals surface area contributed by atoms with Gasteiger partial charge in [-0.1, -0.05) is 18.2 Å². The number of β-amino-alcohol motifs (C(OH)–C–C–N with tert-alkyl or cyclic N) is 1. The fourth-order valence-electron chi connectivity index (χ4n) is 2.96. The first kappa shape index (κ1) is 16.1. The Kier molecular flexibility index (Phi) is 5.05. The summed E-state index contributed by atoms with van der Waals surface area (Å²) >= 11 is 0. The van der Waals surface area contributed by atoms with E-state index >= 15 is 0 Å². The molecule has 1 saturated heterocycles. The van der Waals surface area contributed by atoms with Gasteiger partial charge >= 0.3 is 0 Å². The Hall–Kier alpha value is -1.76. The predicted molar refractivity (Wildman–Crippen MR) is 87.8 cm³/mol. The molecule has 6 heteroatoms. The fourth-order valence-corrected chi connectivity index (χ4v) is 2.96. The normalized spacial score (nSPS) is 19.6. The van der Waals surface area contributed by atoms with Gasteiger partial charge in [0.1, 0.15) is 0 Å². The van der Waals surface area contributed by atoms with Crippen molar-refractivity contribution in [3.8, 4) is 11.5 Å². The molecule has 0 aliphatic carbocycles. The summed E-state index contributed by atoms with van der Waals surface area (Å²) in [5, 5.41) is 17.9. The SMILES string of the molecule is CC(O)CN1CCN(C(C)c2nnc(-c3ccccc3)o2)CC1. The number of hydrogen-bond donors (Lipinski definition) is 1. The van der Waals surface area contributed by atoms with Crippen molar-refractivity contribution in [3.05, 3.63) is 36.2 Å². The molecule has 0 saturated carbocycles. The lowest BCUT2D eigenvalue weighted by Crippen LogP contribution is -2.48. The van der Waals surface area contributed by atoms with E-state index < -0.39 is 0 Å². The average Bonchev–Trinajstić information content (AvgIpc) is 3.05. The number of hydrogen-bond acceptors (Lipinski definition) is 6. The molecule has 0 bridgehead atoms. The van der Waals surface area contributed by atoms with Crippen LogP contribution in [0.4, 0.5) is 0 Å². The van der Waals surface area contributed by atoms with Gasteiger partial charge in [0.2, 0.25) is 11.8 Å². The molecule has 124 valence electrons. The first-order valence-corrected chi connectivity index (χ1v) is 8.17. The molecule has 1 aliphatic rings. The minimum atomic E-state index is -0.275. The lowest BCUT2D eigenvalue weighted by molar-refractivity contribution is 0.0598. The van der Waals surface area contributed by atoms with Gasteiger partial charge in [-0.05, 0) is 26.0 Å². The van der Waals surface area contributed by atoms with Crippen LogP contribution in [-0.2, 0) is 0 Å². The summed E-state index contributed by atoms with van der Waals surface area (Å²) in [6, 6.07) is 9.94. The molecule has 23 heavy (non-hydrogen) atoms. The van der Waals surface area contributed by atoms with E-state index in [9.17, 15) is 5.11 Å². The van der Waals surface area contributed by atoms with Crippen molar-refractivity contribution in [2.75, 3.05) is 32.7 Å². The zero-order valence-electron chi connectivity index (χ0n) is 13.7. The van der Waals surface area contributed by atoms with Gasteiger partial charge in [0, 0.05) is 38.3 Å². The lowest BCUT2D eigenvalue weighted by atomic mass is 10.2. The van der Waals surface area contributed by atoms with Crippen molar-refractivity contribution in [1.29, 1.82) is 0 Å². The van der Waals surface area contributed by atoms with Gasteiger partial charge in [0.05, 0.1) is 12.1 Å². The third kappa shape index (κ3) is 3.96. The summed E-state index contributed by atoms with van der Waals surface area (Å²) in [5.41, 5.74) is 0.945. The van der Waals surface area contributed by atoms with Crippen molar-refractivity contribution in [2.24, 2.45) is 0 Å². The smallest absolute Gasteiger partial charge is 0.247 e. The van der Waals surface area contributed by atoms with Crippen molar-refractivity contribution < 1.29 is 9.52 Å². The molecular weight excluding hydrogens is 292 g/mol. The molecule has 1 fully saturated rings. The summed E-state index contributed by atoms with van der Waals surface area (Å²) in [4.78, 5) is 4.64. The molecule has 1 aromatic heterocycles. The Bertz CT molecular complexity index is 606. The Balaban J connectivity index is 1.61. The Morgan fingerprint density at radius 3 is 2.43 bits per heavy atom. The standard InChI is InChI=1S/C17H24N4O2/c1-13(22)12-20-8-10-21(11-9-20)14(2)16-18-19-17(23-16)15-6-4-3-5-7-15/h3-7,13-14,22H,8-12H2,1-2H3. The topological polar surface area (TPSA) is 65.6 Å². The van der Waals surface area contributed by atoms with E-state index in [0.29, 0.717) is 11.8 Å². The van der Waals surface area contributed by atoms with E-state index in [1.165, 1.54) is 0 Å². The Labute approximate surface area is 136 Å². The number of aromatic nitrogens is 2. The van der Waals surface area contributed by atoms with Crippen LogP contribution in [0.5, 0.6) is 0 Å². The maximum Gasteiger partial charge on any atom is 0.247 e. The van der Waals surface area contributed by atoms with E-state index in [4.69, 9.17) is 4.42 Å². The molecule has 2 unspecified atom stereocenters. The highest BCUT2D eigenvalue weighted by Crippen LogP contribution is 2.24. The summed E-state index contributed by atoms with van der Waals surface area (Å²) < 4.78 is 5.86. The zero-order chi connectivity index (χ0) is 16.2. The Morgan fingerprint density at radius 2 is 1.78 bits per heavy atom. The minimum absolute atomic E-state index is 0.105. The quantitative estimate of drug-likeness (QED) is 0.907. The fraction of sp³-hybridized carbons (Fsp3) is 0.529. The highest BCUT2D eigenvalue weighted by molar-refractivity contribution is 5.51. The third-order valence-electron chi connectivity index (χ3n) is 4.30. The molecule has 6 nitrogen and oxygen atoms in total. The van der Waals surface area contributed by atoms with Crippen LogP contribution in [0.25, 0.3) is 11.5 Å². The van der Waals surface area contributed by atoms with Crippen LogP contribution in [0.3, 0.4) is 0 Å². The third-order valence-corrected chi connectivity index (χ3v) is 4.30. The van der Waals surface area contributed by atoms with Gasteiger partial charge < -0.3 is 9.52 Å². The maximum atomic E-state index is 9.48. The van der Waals surface area contributed by atoms with Gasteiger partial charge in [-0.25, -0.2) is 0 Å². The number of rotatable bonds is 5. The van der Waals surface area contributed by atoms with Crippen molar-refractivity contribution in [3.63, 3.8) is 0 Å². The average molecular weight is 316 g/mol. The van der Waals surface area contributed by atoms with E-state index in [2.05, 4.69) is 26.9 Å². The van der Waals surface area contributed by atoms with E-state index in [1.54, 1.807) is 0 Å². The molecular formula is C17H24N4O2. The van der Waals surface area contributed by atoms with E-state index in [1.807, 2.05) is 37.3 Å². The van der Waals surface area contributed by atoms with Crippen LogP contribution in [0.1, 0.15) is 25.8 Å². The highest BCUT2D eigenvalue weighted by atomic mass is 16.4. The number of benzene rings is 1. The molecule has 2 aromatic rings. The molecule has 0 spiro atoms. The molecule has 0 amide bonds. The van der Waals surface area contributed by atoms with Crippen molar-refractivity contribution >= 4 is 0 Å². The first-order valence-electron chi connectivity index (χ1n) is 8.17. The summed E-state index contributed by atoms with van der Waals surface area (Å²) in [6.45, 7) is 8.46. The molecule has 1 aromatic carbocycles. The van der Waals surface area contributed by atoms with Crippen LogP contribution < -0.4 is 0 Å². The summed E-state index contributed by atoms with van der Waals surface area (Å²) in [6.07, 6.45) is -0.275. The van der Waals surface area contributed by atoms with Gasteiger partial charge in [-0.3, -0.25) is 9.80 Å². The summed E-state index contributed by atoms with van der Waals surface area (Å²) in [5.74, 6) is 1.23. The van der Waals surface area contributed by atoms with E-state index in [0.717, 1.165) is 38.3 Å². The second-order valence-electron chi connectivity index (χ2n) is 6.17. The molecule has 0 radical (unpaired) electrons. The Morgan fingerprint density at radius 1 is 1.09 bits per heavy atom. The van der Waals surface area contributed by atoms with Gasteiger partial charge in [-0.2, -0.15) is 0 Å². The monoisotopic (exact) mass is 316 g/mol. The summed E-state index contributed by atoms with van der Waals surface area (Å²) in [7, 11) is 0. The molecule has 2 heterocycles. The number of piperazine rings is 1. The van der Waals surface area contributed by atoms with Crippen LogP contribution >= 0.6 is 0 Å². The lowest BCUT2D eigenvalue weighted by Gasteiger charge is -2.37. The zero-order valence-corrected chi connectivity index (χ0v) is 13.7. The van der Waals surface area contributed by atoms with Crippen molar-refractivity contribution in [1.82, 2.24) is 20.0 Å². The minimum Gasteiger partial charge on any atom is -0.419 e. The largest absolute Gasteiger partial charge is 0.419 e. The number of nitrogens with zero attached hydrogens (tertiary/aromatic N) is 4. The second kappa shape index (κ2) is 7.21. The van der Waals surface area contributed by atoms with Gasteiger partial charge in [0.25, 0.3) is 0 Å². The number of aliphatic hydroxyl groups is 1. The van der Waals surface area contributed by atoms with Crippen molar-refractivity contribution in [2.45, 2.75) is 26.0 Å². The molecule has 1 N–H and O–H groups in total. The maximum absolute atomic E-state index is 9.48. The van der Waals surface area contributed by atoms with Gasteiger partial charge in [-0.15, -0.1) is 10.2 Å². The molecule has 3 rings (SSSR count). The number of aliphatic hydroxyl groups excluding tert-OH is 1. The van der Waals surface area contributed by atoms with Crippen LogP contribution in [0.2, 0.25) is 0 Å².